The van der Waals surface area contributed by atoms with Crippen molar-refractivity contribution in [1.29, 1.82) is 0 Å². The van der Waals surface area contributed by atoms with E-state index in [0.29, 0.717) is 40.8 Å². The first kappa shape index (κ1) is 24.1. The number of benzene rings is 1. The predicted octanol–water partition coefficient (Wildman–Crippen LogP) is 3.58. The summed E-state index contributed by atoms with van der Waals surface area (Å²) in [5.41, 5.74) is 7.56. The van der Waals surface area contributed by atoms with Crippen LogP contribution in [0.2, 0.25) is 10.0 Å². The Morgan fingerprint density at radius 2 is 1.88 bits per heavy atom. The smallest absolute Gasteiger partial charge is 0.272 e. The Morgan fingerprint density at radius 1 is 1.12 bits per heavy atom. The predicted molar refractivity (Wildman–Crippen MR) is 129 cm³/mol. The molecule has 1 fully saturated rings. The van der Waals surface area contributed by atoms with Crippen molar-refractivity contribution in [2.45, 2.75) is 6.42 Å². The minimum absolute atomic E-state index is 0.0464. The molecule has 4 rings (SSSR count). The van der Waals surface area contributed by atoms with Gasteiger partial charge in [-0.25, -0.2) is 19.3 Å². The molecule has 1 saturated heterocycles. The van der Waals surface area contributed by atoms with Crippen molar-refractivity contribution in [2.24, 2.45) is 0 Å². The van der Waals surface area contributed by atoms with Gasteiger partial charge < -0.3 is 20.3 Å². The maximum Gasteiger partial charge on any atom is 0.272 e. The van der Waals surface area contributed by atoms with Crippen LogP contribution in [0.5, 0.6) is 5.88 Å². The zero-order chi connectivity index (χ0) is 24.2. The lowest BCUT2D eigenvalue weighted by molar-refractivity contribution is 0.0658. The summed E-state index contributed by atoms with van der Waals surface area (Å²) < 4.78 is 19.4. The molecule has 1 aliphatic rings. The van der Waals surface area contributed by atoms with E-state index in [1.165, 1.54) is 18.3 Å². The van der Waals surface area contributed by atoms with Gasteiger partial charge in [0.25, 0.3) is 11.8 Å². The summed E-state index contributed by atoms with van der Waals surface area (Å²) in [5, 5.41) is 0.295. The summed E-state index contributed by atoms with van der Waals surface area (Å²) >= 11 is 12.1. The van der Waals surface area contributed by atoms with Crippen molar-refractivity contribution >= 4 is 34.9 Å². The summed E-state index contributed by atoms with van der Waals surface area (Å²) in [5.74, 6) is -0.498. The van der Waals surface area contributed by atoms with E-state index in [2.05, 4.69) is 19.9 Å². The molecule has 34 heavy (non-hydrogen) atoms. The van der Waals surface area contributed by atoms with Gasteiger partial charge >= 0.3 is 0 Å². The van der Waals surface area contributed by atoms with Crippen LogP contribution in [0, 0.1) is 5.82 Å². The number of piperazine rings is 1. The van der Waals surface area contributed by atoms with Crippen molar-refractivity contribution in [3.05, 3.63) is 63.6 Å². The molecule has 0 spiro atoms. The van der Waals surface area contributed by atoms with Crippen LogP contribution in [0.1, 0.15) is 16.1 Å². The topological polar surface area (TPSA) is 97.5 Å². The summed E-state index contributed by atoms with van der Waals surface area (Å²) in [6.45, 7) is 3.05. The van der Waals surface area contributed by atoms with E-state index in [1.54, 1.807) is 23.1 Å². The maximum absolute atomic E-state index is 13.7. The Kier molecular flexibility index (Phi) is 7.45. The number of nitrogens with two attached hydrogens (primary N) is 1. The van der Waals surface area contributed by atoms with Crippen LogP contribution >= 0.6 is 23.2 Å². The second kappa shape index (κ2) is 10.5. The highest BCUT2D eigenvalue weighted by Gasteiger charge is 2.22. The zero-order valence-electron chi connectivity index (χ0n) is 18.5. The van der Waals surface area contributed by atoms with E-state index < -0.39 is 5.82 Å². The van der Waals surface area contributed by atoms with Gasteiger partial charge in [-0.1, -0.05) is 29.3 Å². The molecule has 8 nitrogen and oxygen atoms in total. The number of amides is 1. The van der Waals surface area contributed by atoms with E-state index in [-0.39, 0.29) is 35.7 Å². The number of nitrogens with zero attached hydrogens (tertiary/aromatic N) is 5. The number of hydrogen-bond acceptors (Lipinski definition) is 7. The third kappa shape index (κ3) is 5.38. The number of pyridine rings is 1. The van der Waals surface area contributed by atoms with Gasteiger partial charge in [0.15, 0.2) is 5.82 Å². The van der Waals surface area contributed by atoms with Crippen molar-refractivity contribution in [3.63, 3.8) is 0 Å². The molecule has 0 radical (unpaired) electrons. The number of likely N-dealkylation sites (N-methyl/N-ethyl adjacent to an activating group) is 1. The van der Waals surface area contributed by atoms with Gasteiger partial charge in [0.1, 0.15) is 17.2 Å². The maximum atomic E-state index is 13.7. The SMILES string of the molecule is CN1CCN(C(=O)c2cccc(-c3cnc(N)c(OCCc4c(Cl)ccc(F)c4Cl)n3)n2)CC1. The lowest BCUT2D eigenvalue weighted by Crippen LogP contribution is -2.47. The highest BCUT2D eigenvalue weighted by Crippen LogP contribution is 2.28. The van der Waals surface area contributed by atoms with E-state index in [0.717, 1.165) is 13.1 Å². The molecule has 1 aliphatic heterocycles. The van der Waals surface area contributed by atoms with Crippen molar-refractivity contribution in [3.8, 4) is 17.3 Å². The first-order chi connectivity index (χ1) is 16.3. The Morgan fingerprint density at radius 3 is 2.65 bits per heavy atom. The molecule has 2 N–H and O–H groups in total. The number of halogens is 3. The monoisotopic (exact) mass is 504 g/mol. The molecule has 0 bridgehead atoms. The number of hydrogen-bond donors (Lipinski definition) is 1. The minimum atomic E-state index is -0.556. The van der Waals surface area contributed by atoms with Gasteiger partial charge in [-0.2, -0.15) is 0 Å². The fraction of sp³-hybridized carbons (Fsp3) is 0.304. The first-order valence-electron chi connectivity index (χ1n) is 10.7. The largest absolute Gasteiger partial charge is 0.475 e. The van der Waals surface area contributed by atoms with Gasteiger partial charge in [0, 0.05) is 37.6 Å². The molecule has 1 amide bonds. The van der Waals surface area contributed by atoms with Gasteiger partial charge in [-0.3, -0.25) is 4.79 Å². The highest BCUT2D eigenvalue weighted by atomic mass is 35.5. The van der Waals surface area contributed by atoms with Crippen LogP contribution in [0.25, 0.3) is 11.4 Å². The number of nitrogen functional groups attached to an aromatic ring is 1. The summed E-state index contributed by atoms with van der Waals surface area (Å²) in [6, 6.07) is 7.81. The number of aromatic nitrogens is 3. The van der Waals surface area contributed by atoms with E-state index in [4.69, 9.17) is 33.7 Å². The molecule has 3 heterocycles. The quantitative estimate of drug-likeness (QED) is 0.512. The average molecular weight is 505 g/mol. The Bertz CT molecular complexity index is 1200. The van der Waals surface area contributed by atoms with E-state index in [1.807, 2.05) is 7.05 Å². The van der Waals surface area contributed by atoms with Gasteiger partial charge in [0.05, 0.1) is 23.5 Å². The fourth-order valence-corrected chi connectivity index (χ4v) is 4.09. The van der Waals surface area contributed by atoms with Crippen LogP contribution < -0.4 is 10.5 Å². The van der Waals surface area contributed by atoms with Crippen molar-refractivity contribution < 1.29 is 13.9 Å². The Balaban J connectivity index is 1.48. The number of ether oxygens (including phenoxy) is 1. The average Bonchev–Trinajstić information content (AvgIpc) is 2.85. The Hall–Kier alpha value is -3.01. The first-order valence-corrected chi connectivity index (χ1v) is 11.4. The van der Waals surface area contributed by atoms with E-state index in [9.17, 15) is 9.18 Å². The highest BCUT2D eigenvalue weighted by molar-refractivity contribution is 6.36. The summed E-state index contributed by atoms with van der Waals surface area (Å²) in [7, 11) is 2.03. The molecule has 3 aromatic rings. The van der Waals surface area contributed by atoms with Crippen molar-refractivity contribution in [1.82, 2.24) is 24.8 Å². The number of carbonyl (C=O) groups excluding carboxylic acids is 1. The molecule has 1 aromatic carbocycles. The van der Waals surface area contributed by atoms with Gasteiger partial charge in [-0.05, 0) is 36.9 Å². The molecule has 0 saturated carbocycles. The van der Waals surface area contributed by atoms with Gasteiger partial charge in [-0.15, -0.1) is 0 Å². The molecule has 0 atom stereocenters. The number of rotatable bonds is 6. The minimum Gasteiger partial charge on any atom is -0.475 e. The zero-order valence-corrected chi connectivity index (χ0v) is 20.0. The molecule has 0 unspecified atom stereocenters. The summed E-state index contributed by atoms with van der Waals surface area (Å²) in [6.07, 6.45) is 1.71. The third-order valence-electron chi connectivity index (χ3n) is 5.52. The molecular formula is C23H23Cl2FN6O2. The van der Waals surface area contributed by atoms with Crippen LogP contribution in [0.15, 0.2) is 36.5 Å². The summed E-state index contributed by atoms with van der Waals surface area (Å²) in [4.78, 5) is 29.9. The normalized spacial score (nSPS) is 14.3. The van der Waals surface area contributed by atoms with Gasteiger partial charge in [0.2, 0.25) is 0 Å². The Labute approximate surface area is 206 Å². The molecule has 0 aliphatic carbocycles. The van der Waals surface area contributed by atoms with Crippen molar-refractivity contribution in [2.75, 3.05) is 45.6 Å². The molecule has 11 heteroatoms. The molecule has 2 aromatic heterocycles. The molecular weight excluding hydrogens is 482 g/mol. The number of carbonyl (C=O) groups is 1. The lowest BCUT2D eigenvalue weighted by atomic mass is 10.1. The fourth-order valence-electron chi connectivity index (χ4n) is 3.53. The lowest BCUT2D eigenvalue weighted by Gasteiger charge is -2.32. The van der Waals surface area contributed by atoms with Crippen LogP contribution in [-0.2, 0) is 6.42 Å². The molecule has 178 valence electrons. The number of anilines is 1. The van der Waals surface area contributed by atoms with Crippen LogP contribution in [0.4, 0.5) is 10.2 Å². The second-order valence-electron chi connectivity index (χ2n) is 7.87. The van der Waals surface area contributed by atoms with E-state index >= 15 is 0 Å². The van der Waals surface area contributed by atoms with Crippen LogP contribution in [0.3, 0.4) is 0 Å². The standard InChI is InChI=1S/C23H23Cl2FN6O2/c1-31-8-10-32(11-9-31)23(33)18-4-2-3-17(29-18)19-13-28-21(27)22(30-19)34-12-7-14-15(24)5-6-16(26)20(14)25/h2-6,13H,7-12H2,1H3,(H2,27,28). The second-order valence-corrected chi connectivity index (χ2v) is 8.65. The van der Waals surface area contributed by atoms with Crippen LogP contribution in [-0.4, -0.2) is 70.5 Å². The third-order valence-corrected chi connectivity index (χ3v) is 6.28.